The van der Waals surface area contributed by atoms with E-state index in [0.717, 1.165) is 8.58 Å². The Bertz CT molecular complexity index is 411. The zero-order valence-corrected chi connectivity index (χ0v) is 14.5. The van der Waals surface area contributed by atoms with Crippen molar-refractivity contribution >= 4 is 38.6 Å². The summed E-state index contributed by atoms with van der Waals surface area (Å²) < 4.78 is 0. The van der Waals surface area contributed by atoms with Crippen LogP contribution in [0.2, 0.25) is 0 Å². The number of hydrogen-bond donors (Lipinski definition) is 0. The van der Waals surface area contributed by atoms with Gasteiger partial charge in [0.15, 0.2) is 0 Å². The molecule has 0 aliphatic carbocycles. The van der Waals surface area contributed by atoms with E-state index < -0.39 is 0 Å². The SMILES string of the molecule is Cc1ccc(Pc2ccc(C)cc2)cc1.[Cl][Ru][Cl]. The molecule has 0 radical (unpaired) electrons. The Morgan fingerprint density at radius 1 is 0.722 bits per heavy atom. The molecule has 0 atom stereocenters. The zero-order valence-electron chi connectivity index (χ0n) is 10.2. The van der Waals surface area contributed by atoms with Crippen molar-refractivity contribution in [2.45, 2.75) is 13.8 Å². The van der Waals surface area contributed by atoms with E-state index in [-0.39, 0.29) is 15.1 Å². The van der Waals surface area contributed by atoms with Crippen molar-refractivity contribution in [1.29, 1.82) is 0 Å². The summed E-state index contributed by atoms with van der Waals surface area (Å²) in [5, 5.41) is 2.81. The Balaban J connectivity index is 0.000000492. The van der Waals surface area contributed by atoms with Gasteiger partial charge in [-0.1, -0.05) is 68.2 Å². The van der Waals surface area contributed by atoms with Crippen LogP contribution in [0.1, 0.15) is 11.1 Å². The molecule has 0 fully saturated rings. The monoisotopic (exact) mass is 386 g/mol. The first-order valence-electron chi connectivity index (χ1n) is 5.41. The Labute approximate surface area is 127 Å². The number of benzene rings is 2. The van der Waals surface area contributed by atoms with Crippen LogP contribution >= 0.6 is 28.0 Å². The van der Waals surface area contributed by atoms with E-state index in [1.54, 1.807) is 0 Å². The van der Waals surface area contributed by atoms with E-state index in [1.807, 2.05) is 0 Å². The molecule has 0 aromatic heterocycles. The average Bonchev–Trinajstić information content (AvgIpc) is 2.36. The van der Waals surface area contributed by atoms with Gasteiger partial charge in [-0.05, 0) is 24.5 Å². The standard InChI is InChI=1S/C14H15P.2ClH.Ru/c1-11-3-7-13(8-4-11)15-14-9-5-12(2)6-10-14;;;/h3-10,15H,1-2H3;2*1H;/q;;;+2/p-2. The van der Waals surface area contributed by atoms with Crippen LogP contribution in [0.15, 0.2) is 48.5 Å². The number of halogens is 2. The summed E-state index contributed by atoms with van der Waals surface area (Å²) in [4.78, 5) is 0. The van der Waals surface area contributed by atoms with Crippen LogP contribution in [-0.4, -0.2) is 0 Å². The molecular weight excluding hydrogens is 371 g/mol. The molecule has 0 saturated heterocycles. The van der Waals surface area contributed by atoms with E-state index in [4.69, 9.17) is 19.4 Å². The Morgan fingerprint density at radius 2 is 1.00 bits per heavy atom. The molecule has 2 rings (SSSR count). The second kappa shape index (κ2) is 9.05. The minimum atomic E-state index is -0.346. The molecule has 0 unspecified atom stereocenters. The predicted octanol–water partition coefficient (Wildman–Crippen LogP) is 4.31. The molecule has 4 heteroatoms. The van der Waals surface area contributed by atoms with Crippen LogP contribution in [0.25, 0.3) is 0 Å². The maximum absolute atomic E-state index is 4.85. The first-order chi connectivity index (χ1) is 8.65. The molecule has 0 heterocycles. The Morgan fingerprint density at radius 3 is 1.28 bits per heavy atom. The van der Waals surface area contributed by atoms with Gasteiger partial charge in [-0.2, -0.15) is 0 Å². The van der Waals surface area contributed by atoms with Gasteiger partial charge in [-0.3, -0.25) is 0 Å². The van der Waals surface area contributed by atoms with Gasteiger partial charge in [-0.15, -0.1) is 0 Å². The van der Waals surface area contributed by atoms with Crippen LogP contribution in [0.5, 0.6) is 0 Å². The maximum atomic E-state index is 4.85. The van der Waals surface area contributed by atoms with Gasteiger partial charge in [0, 0.05) is 0 Å². The molecule has 0 bridgehead atoms. The number of rotatable bonds is 2. The second-order valence-electron chi connectivity index (χ2n) is 3.91. The van der Waals surface area contributed by atoms with Gasteiger partial charge in [0.2, 0.25) is 0 Å². The van der Waals surface area contributed by atoms with Crippen LogP contribution in [0.3, 0.4) is 0 Å². The minimum absolute atomic E-state index is 0.346. The van der Waals surface area contributed by atoms with E-state index in [9.17, 15) is 0 Å². The van der Waals surface area contributed by atoms with Crippen molar-refractivity contribution < 1.29 is 15.1 Å². The molecule has 18 heavy (non-hydrogen) atoms. The van der Waals surface area contributed by atoms with Crippen molar-refractivity contribution in [3.63, 3.8) is 0 Å². The Hall–Kier alpha value is 0.0734. The van der Waals surface area contributed by atoms with Crippen molar-refractivity contribution in [3.8, 4) is 0 Å². The van der Waals surface area contributed by atoms with Crippen LogP contribution in [0.4, 0.5) is 0 Å². The molecule has 2 aromatic carbocycles. The summed E-state index contributed by atoms with van der Waals surface area (Å²) in [5.41, 5.74) is 2.65. The molecule has 0 spiro atoms. The van der Waals surface area contributed by atoms with Gasteiger partial charge in [0.05, 0.1) is 0 Å². The van der Waals surface area contributed by atoms with Crippen LogP contribution < -0.4 is 10.6 Å². The molecule has 0 aliphatic heterocycles. The molecule has 0 aliphatic rings. The topological polar surface area (TPSA) is 0 Å². The van der Waals surface area contributed by atoms with Crippen molar-refractivity contribution in [2.24, 2.45) is 0 Å². The van der Waals surface area contributed by atoms with Crippen molar-refractivity contribution in [3.05, 3.63) is 59.7 Å². The van der Waals surface area contributed by atoms with E-state index in [2.05, 4.69) is 62.4 Å². The van der Waals surface area contributed by atoms with Gasteiger partial charge in [-0.25, -0.2) is 0 Å². The number of hydrogen-bond acceptors (Lipinski definition) is 0. The first kappa shape index (κ1) is 16.1. The predicted molar refractivity (Wildman–Crippen MR) is 81.6 cm³/mol. The third kappa shape index (κ3) is 6.30. The van der Waals surface area contributed by atoms with E-state index in [0.29, 0.717) is 0 Å². The second-order valence-corrected chi connectivity index (χ2v) is 7.95. The average molecular weight is 386 g/mol. The fraction of sp³-hybridized carbons (Fsp3) is 0.143. The molecule has 2 aromatic rings. The van der Waals surface area contributed by atoms with Gasteiger partial charge in [0.25, 0.3) is 0 Å². The van der Waals surface area contributed by atoms with E-state index >= 15 is 0 Å². The molecule has 0 saturated carbocycles. The fourth-order valence-electron chi connectivity index (χ4n) is 1.44. The van der Waals surface area contributed by atoms with E-state index in [1.165, 1.54) is 21.7 Å². The van der Waals surface area contributed by atoms with Gasteiger partial charge in [0.1, 0.15) is 0 Å². The molecular formula is C14H15Cl2PRu. The van der Waals surface area contributed by atoms with Crippen molar-refractivity contribution in [2.75, 3.05) is 0 Å². The van der Waals surface area contributed by atoms with Crippen LogP contribution in [0, 0.1) is 13.8 Å². The third-order valence-electron chi connectivity index (χ3n) is 2.39. The summed E-state index contributed by atoms with van der Waals surface area (Å²) in [6.45, 7) is 4.25. The normalized spacial score (nSPS) is 9.78. The summed E-state index contributed by atoms with van der Waals surface area (Å²) in [6, 6.07) is 17.6. The molecule has 0 nitrogen and oxygen atoms in total. The summed E-state index contributed by atoms with van der Waals surface area (Å²) in [5.74, 6) is 0. The molecule has 0 N–H and O–H groups in total. The van der Waals surface area contributed by atoms with Gasteiger partial charge >= 0.3 is 34.5 Å². The zero-order chi connectivity index (χ0) is 13.4. The molecule has 0 amide bonds. The number of aryl methyl sites for hydroxylation is 2. The summed E-state index contributed by atoms with van der Waals surface area (Å²) in [7, 11) is 10.5. The fourth-order valence-corrected chi connectivity index (χ4v) is 2.44. The van der Waals surface area contributed by atoms with Crippen LogP contribution in [-0.2, 0) is 15.1 Å². The summed E-state index contributed by atoms with van der Waals surface area (Å²) in [6.07, 6.45) is 0. The quantitative estimate of drug-likeness (QED) is 0.533. The summed E-state index contributed by atoms with van der Waals surface area (Å²) >= 11 is -0.346. The first-order valence-corrected chi connectivity index (χ1v) is 10.9. The van der Waals surface area contributed by atoms with Crippen molar-refractivity contribution in [1.82, 2.24) is 0 Å². The molecule has 98 valence electrons. The third-order valence-corrected chi connectivity index (χ3v) is 3.64. The van der Waals surface area contributed by atoms with Gasteiger partial charge < -0.3 is 0 Å². The Kier molecular flexibility index (Phi) is 8.11.